The second kappa shape index (κ2) is 4.55. The molecule has 0 saturated carbocycles. The molecule has 2 N–H and O–H groups in total. The van der Waals surface area contributed by atoms with Crippen molar-refractivity contribution in [2.24, 2.45) is 5.73 Å². The summed E-state index contributed by atoms with van der Waals surface area (Å²) in [6, 6.07) is 8.40. The molecule has 2 nitrogen and oxygen atoms in total. The molecule has 0 unspecified atom stereocenters. The van der Waals surface area contributed by atoms with Gasteiger partial charge in [0.2, 0.25) is 0 Å². The van der Waals surface area contributed by atoms with Gasteiger partial charge in [0.25, 0.3) is 0 Å². The molecule has 1 aromatic heterocycles. The van der Waals surface area contributed by atoms with Crippen molar-refractivity contribution in [1.82, 2.24) is 4.98 Å². The van der Waals surface area contributed by atoms with Gasteiger partial charge in [0.05, 0.1) is 0 Å². The molecule has 78 valence electrons. The van der Waals surface area contributed by atoms with Crippen LogP contribution in [0.1, 0.15) is 17.4 Å². The summed E-state index contributed by atoms with van der Waals surface area (Å²) in [6.07, 6.45) is 2.90. The van der Waals surface area contributed by atoms with Crippen LogP contribution < -0.4 is 5.73 Å². The van der Waals surface area contributed by atoms with Gasteiger partial charge in [-0.15, -0.1) is 11.3 Å². The van der Waals surface area contributed by atoms with Gasteiger partial charge in [-0.2, -0.15) is 0 Å². The number of benzene rings is 1. The standard InChI is InChI=1S/C12H14N2S/c1-2-9-5-3-4-6-11(9)12-14-8-10(7-13)15-12/h3-6,8H,2,7,13H2,1H3. The van der Waals surface area contributed by atoms with Crippen LogP contribution in [0.5, 0.6) is 0 Å². The van der Waals surface area contributed by atoms with Crippen LogP contribution in [-0.2, 0) is 13.0 Å². The molecule has 0 aliphatic heterocycles. The highest BCUT2D eigenvalue weighted by Gasteiger charge is 2.06. The first-order valence-corrected chi connectivity index (χ1v) is 5.90. The summed E-state index contributed by atoms with van der Waals surface area (Å²) in [5, 5.41) is 1.08. The maximum absolute atomic E-state index is 5.58. The molecule has 0 aliphatic carbocycles. The quantitative estimate of drug-likeness (QED) is 0.860. The second-order valence-electron chi connectivity index (χ2n) is 3.35. The molecule has 0 amide bonds. The lowest BCUT2D eigenvalue weighted by Crippen LogP contribution is -1.91. The average Bonchev–Trinajstić information content (AvgIpc) is 2.77. The van der Waals surface area contributed by atoms with E-state index in [9.17, 15) is 0 Å². The van der Waals surface area contributed by atoms with Crippen molar-refractivity contribution in [2.75, 3.05) is 0 Å². The monoisotopic (exact) mass is 218 g/mol. The predicted octanol–water partition coefficient (Wildman–Crippen LogP) is 2.83. The Hall–Kier alpha value is -1.19. The molecule has 2 aromatic rings. The van der Waals surface area contributed by atoms with Gasteiger partial charge in [0, 0.05) is 23.2 Å². The SMILES string of the molecule is CCc1ccccc1-c1ncc(CN)s1. The Labute approximate surface area is 93.8 Å². The topological polar surface area (TPSA) is 38.9 Å². The van der Waals surface area contributed by atoms with E-state index in [0.29, 0.717) is 6.54 Å². The first kappa shape index (κ1) is 10.3. The first-order valence-electron chi connectivity index (χ1n) is 5.08. The smallest absolute Gasteiger partial charge is 0.123 e. The maximum Gasteiger partial charge on any atom is 0.123 e. The maximum atomic E-state index is 5.58. The molecule has 15 heavy (non-hydrogen) atoms. The van der Waals surface area contributed by atoms with Gasteiger partial charge >= 0.3 is 0 Å². The number of thiazole rings is 1. The Bertz CT molecular complexity index is 448. The fourth-order valence-corrected chi connectivity index (χ4v) is 2.42. The lowest BCUT2D eigenvalue weighted by molar-refractivity contribution is 1.10. The van der Waals surface area contributed by atoms with Crippen LogP contribution >= 0.6 is 11.3 Å². The Morgan fingerprint density at radius 1 is 1.33 bits per heavy atom. The van der Waals surface area contributed by atoms with E-state index in [2.05, 4.69) is 36.2 Å². The summed E-state index contributed by atoms with van der Waals surface area (Å²) in [4.78, 5) is 5.54. The van der Waals surface area contributed by atoms with Crippen molar-refractivity contribution < 1.29 is 0 Å². The van der Waals surface area contributed by atoms with E-state index >= 15 is 0 Å². The minimum atomic E-state index is 0.575. The molecule has 3 heteroatoms. The van der Waals surface area contributed by atoms with Gasteiger partial charge in [-0.05, 0) is 12.0 Å². The average molecular weight is 218 g/mol. The van der Waals surface area contributed by atoms with Gasteiger partial charge in [-0.1, -0.05) is 31.2 Å². The molecule has 0 aliphatic rings. The van der Waals surface area contributed by atoms with Gasteiger partial charge in [-0.25, -0.2) is 4.98 Å². The van der Waals surface area contributed by atoms with Crippen LogP contribution in [-0.4, -0.2) is 4.98 Å². The number of hydrogen-bond acceptors (Lipinski definition) is 3. The van der Waals surface area contributed by atoms with E-state index in [4.69, 9.17) is 5.73 Å². The molecule has 1 heterocycles. The van der Waals surface area contributed by atoms with Crippen molar-refractivity contribution in [2.45, 2.75) is 19.9 Å². The van der Waals surface area contributed by atoms with Crippen LogP contribution in [0.2, 0.25) is 0 Å². The van der Waals surface area contributed by atoms with Gasteiger partial charge in [0.15, 0.2) is 0 Å². The first-order chi connectivity index (χ1) is 7.35. The minimum Gasteiger partial charge on any atom is -0.326 e. The number of nitrogens with zero attached hydrogens (tertiary/aromatic N) is 1. The summed E-state index contributed by atoms with van der Waals surface area (Å²) in [6.45, 7) is 2.74. The van der Waals surface area contributed by atoms with Crippen molar-refractivity contribution in [3.8, 4) is 10.6 Å². The number of nitrogens with two attached hydrogens (primary N) is 1. The summed E-state index contributed by atoms with van der Waals surface area (Å²) in [5.74, 6) is 0. The number of aromatic nitrogens is 1. The predicted molar refractivity (Wildman–Crippen MR) is 64.8 cm³/mol. The van der Waals surface area contributed by atoms with Crippen LogP contribution in [0.4, 0.5) is 0 Å². The minimum absolute atomic E-state index is 0.575. The number of rotatable bonds is 3. The van der Waals surface area contributed by atoms with E-state index < -0.39 is 0 Å². The van der Waals surface area contributed by atoms with Crippen molar-refractivity contribution in [3.05, 3.63) is 40.9 Å². The third-order valence-corrected chi connectivity index (χ3v) is 3.44. The highest BCUT2D eigenvalue weighted by molar-refractivity contribution is 7.15. The van der Waals surface area contributed by atoms with Gasteiger partial charge in [-0.3, -0.25) is 0 Å². The van der Waals surface area contributed by atoms with Crippen molar-refractivity contribution in [3.63, 3.8) is 0 Å². The van der Waals surface area contributed by atoms with Crippen LogP contribution in [0, 0.1) is 0 Å². The lowest BCUT2D eigenvalue weighted by atomic mass is 10.1. The van der Waals surface area contributed by atoms with E-state index in [1.807, 2.05) is 6.20 Å². The molecule has 0 saturated heterocycles. The molecule has 0 atom stereocenters. The Morgan fingerprint density at radius 2 is 2.13 bits per heavy atom. The number of hydrogen-bond donors (Lipinski definition) is 1. The Morgan fingerprint density at radius 3 is 2.80 bits per heavy atom. The van der Waals surface area contributed by atoms with E-state index in [0.717, 1.165) is 16.3 Å². The van der Waals surface area contributed by atoms with Gasteiger partial charge in [0.1, 0.15) is 5.01 Å². The Kier molecular flexibility index (Phi) is 3.14. The summed E-state index contributed by atoms with van der Waals surface area (Å²) >= 11 is 1.68. The molecule has 1 aromatic carbocycles. The van der Waals surface area contributed by atoms with E-state index in [1.54, 1.807) is 11.3 Å². The summed E-state index contributed by atoms with van der Waals surface area (Å²) in [7, 11) is 0. The normalized spacial score (nSPS) is 10.5. The fourth-order valence-electron chi connectivity index (χ4n) is 1.56. The number of aryl methyl sites for hydroxylation is 1. The largest absolute Gasteiger partial charge is 0.326 e. The zero-order valence-electron chi connectivity index (χ0n) is 8.73. The molecular weight excluding hydrogens is 204 g/mol. The zero-order valence-corrected chi connectivity index (χ0v) is 9.55. The molecule has 0 radical (unpaired) electrons. The van der Waals surface area contributed by atoms with Crippen LogP contribution in [0.25, 0.3) is 10.6 Å². The van der Waals surface area contributed by atoms with Crippen molar-refractivity contribution in [1.29, 1.82) is 0 Å². The van der Waals surface area contributed by atoms with E-state index in [1.165, 1.54) is 11.1 Å². The summed E-state index contributed by atoms with van der Waals surface area (Å²) < 4.78 is 0. The third kappa shape index (κ3) is 2.08. The highest BCUT2D eigenvalue weighted by atomic mass is 32.1. The molecule has 2 rings (SSSR count). The zero-order chi connectivity index (χ0) is 10.7. The van der Waals surface area contributed by atoms with Crippen LogP contribution in [0.3, 0.4) is 0 Å². The van der Waals surface area contributed by atoms with Crippen molar-refractivity contribution >= 4 is 11.3 Å². The fraction of sp³-hybridized carbons (Fsp3) is 0.250. The highest BCUT2D eigenvalue weighted by Crippen LogP contribution is 2.28. The van der Waals surface area contributed by atoms with Crippen LogP contribution in [0.15, 0.2) is 30.5 Å². The second-order valence-corrected chi connectivity index (χ2v) is 4.46. The lowest BCUT2D eigenvalue weighted by Gasteiger charge is -2.03. The third-order valence-electron chi connectivity index (χ3n) is 2.38. The molecule has 0 spiro atoms. The Balaban J connectivity index is 2.44. The van der Waals surface area contributed by atoms with Gasteiger partial charge < -0.3 is 5.73 Å². The molecular formula is C12H14N2S. The summed E-state index contributed by atoms with van der Waals surface area (Å²) in [5.41, 5.74) is 8.17. The molecule has 0 fully saturated rings. The molecule has 0 bridgehead atoms. The van der Waals surface area contributed by atoms with E-state index in [-0.39, 0.29) is 0 Å².